The van der Waals surface area contributed by atoms with E-state index in [0.717, 1.165) is 5.52 Å². The summed E-state index contributed by atoms with van der Waals surface area (Å²) in [6.45, 7) is 0. The molecule has 0 saturated heterocycles. The fraction of sp³-hybridized carbons (Fsp3) is 0. The maximum Gasteiger partial charge on any atom is 0.331 e. The Kier molecular flexibility index (Phi) is 2.88. The highest BCUT2D eigenvalue weighted by Gasteiger charge is 1.94. The molecule has 0 unspecified atom stereocenters. The van der Waals surface area contributed by atoms with Gasteiger partial charge in [0, 0.05) is 24.8 Å². The second kappa shape index (κ2) is 4.84. The molecular weight excluding hydrogens is 260 g/mol. The molecule has 0 bridgehead atoms. The van der Waals surface area contributed by atoms with Gasteiger partial charge in [0.25, 0.3) is 0 Å². The summed E-state index contributed by atoms with van der Waals surface area (Å²) in [5.41, 5.74) is 1.65. The number of nitrogens with zero attached hydrogens (tertiary/aromatic N) is 3. The zero-order chi connectivity index (χ0) is 13.9. The number of hydrogen-bond donors (Lipinski definition) is 3. The summed E-state index contributed by atoms with van der Waals surface area (Å²) in [4.78, 5) is 37.0. The van der Waals surface area contributed by atoms with Crippen molar-refractivity contribution < 1.29 is 0 Å². The van der Waals surface area contributed by atoms with Crippen molar-refractivity contribution in [3.8, 4) is 0 Å². The minimum Gasteiger partial charge on any atom is -0.314 e. The van der Waals surface area contributed by atoms with Crippen LogP contribution in [0.25, 0.3) is 16.8 Å². The molecule has 0 amide bonds. The van der Waals surface area contributed by atoms with Gasteiger partial charge in [0.1, 0.15) is 5.65 Å². The van der Waals surface area contributed by atoms with Crippen LogP contribution in [0.5, 0.6) is 0 Å². The van der Waals surface area contributed by atoms with Gasteiger partial charge in [-0.3, -0.25) is 9.38 Å². The van der Waals surface area contributed by atoms with E-state index in [1.807, 2.05) is 0 Å². The first-order valence-electron chi connectivity index (χ1n) is 5.78. The van der Waals surface area contributed by atoms with E-state index in [1.54, 1.807) is 43.0 Å². The first kappa shape index (κ1) is 11.9. The molecule has 0 spiro atoms. The standard InChI is InChI=1S/2C6H5N3O/c10-6-8-2-1-5-7-3-4-9(5)6;10-6-8-4-2-1-3-7-5(4)9-6/h1-4H,(H,8,10);1-3H,(H2,7,8,9,10). The van der Waals surface area contributed by atoms with Crippen LogP contribution in [0.15, 0.2) is 52.6 Å². The SMILES string of the molecule is O=c1[nH]c2cccnc2[nH]1.O=c1[nH]ccc2nccn12. The number of fused-ring (bicyclic) bond motifs is 2. The molecule has 4 rings (SSSR count). The highest BCUT2D eigenvalue weighted by molar-refractivity contribution is 5.68. The second-order valence-corrected chi connectivity index (χ2v) is 3.92. The Morgan fingerprint density at radius 3 is 2.75 bits per heavy atom. The number of nitrogens with one attached hydrogen (secondary N) is 3. The van der Waals surface area contributed by atoms with E-state index in [0.29, 0.717) is 11.3 Å². The largest absolute Gasteiger partial charge is 0.331 e. The molecule has 0 aliphatic rings. The first-order chi connectivity index (χ1) is 9.74. The van der Waals surface area contributed by atoms with E-state index in [2.05, 4.69) is 24.9 Å². The van der Waals surface area contributed by atoms with Gasteiger partial charge in [0.15, 0.2) is 5.65 Å². The third-order valence-corrected chi connectivity index (χ3v) is 2.62. The molecule has 20 heavy (non-hydrogen) atoms. The van der Waals surface area contributed by atoms with Crippen molar-refractivity contribution in [3.05, 3.63) is 64.0 Å². The molecule has 4 heterocycles. The summed E-state index contributed by atoms with van der Waals surface area (Å²) in [7, 11) is 0. The van der Waals surface area contributed by atoms with E-state index >= 15 is 0 Å². The topological polar surface area (TPSA) is 112 Å². The van der Waals surface area contributed by atoms with Gasteiger partial charge in [-0.2, -0.15) is 0 Å². The van der Waals surface area contributed by atoms with Crippen molar-refractivity contribution in [2.24, 2.45) is 0 Å². The minimum absolute atomic E-state index is 0.157. The maximum absolute atomic E-state index is 10.9. The Morgan fingerprint density at radius 1 is 1.05 bits per heavy atom. The number of hydrogen-bond acceptors (Lipinski definition) is 4. The van der Waals surface area contributed by atoms with Crippen LogP contribution in [0, 0.1) is 0 Å². The van der Waals surface area contributed by atoms with Crippen LogP contribution in [0.4, 0.5) is 0 Å². The van der Waals surface area contributed by atoms with Crippen LogP contribution in [0.1, 0.15) is 0 Å². The number of imidazole rings is 2. The molecule has 0 aromatic carbocycles. The van der Waals surface area contributed by atoms with Crippen molar-refractivity contribution >= 4 is 16.8 Å². The van der Waals surface area contributed by atoms with Gasteiger partial charge >= 0.3 is 11.4 Å². The zero-order valence-electron chi connectivity index (χ0n) is 10.2. The molecule has 0 radical (unpaired) electrons. The summed E-state index contributed by atoms with van der Waals surface area (Å²) in [6, 6.07) is 5.30. The lowest BCUT2D eigenvalue weighted by Gasteiger charge is -1.86. The van der Waals surface area contributed by atoms with E-state index < -0.39 is 0 Å². The number of rotatable bonds is 0. The number of H-pyrrole nitrogens is 3. The Hall–Kier alpha value is -3.16. The van der Waals surface area contributed by atoms with Crippen molar-refractivity contribution in [1.29, 1.82) is 0 Å². The van der Waals surface area contributed by atoms with Gasteiger partial charge in [0.2, 0.25) is 0 Å². The van der Waals surface area contributed by atoms with Gasteiger partial charge in [-0.25, -0.2) is 19.6 Å². The molecule has 8 heteroatoms. The first-order valence-corrected chi connectivity index (χ1v) is 5.78. The normalized spacial score (nSPS) is 10.4. The fourth-order valence-corrected chi connectivity index (χ4v) is 1.73. The smallest absolute Gasteiger partial charge is 0.314 e. The molecule has 4 aromatic heterocycles. The predicted molar refractivity (Wildman–Crippen MR) is 72.5 cm³/mol. The molecule has 3 N–H and O–H groups in total. The van der Waals surface area contributed by atoms with Crippen LogP contribution in [0.2, 0.25) is 0 Å². The lowest BCUT2D eigenvalue weighted by molar-refractivity contribution is 1.00. The van der Waals surface area contributed by atoms with Crippen LogP contribution in [-0.4, -0.2) is 29.3 Å². The molecule has 0 saturated carbocycles. The van der Waals surface area contributed by atoms with Gasteiger partial charge in [-0.05, 0) is 18.2 Å². The van der Waals surface area contributed by atoms with E-state index in [9.17, 15) is 9.59 Å². The number of aromatic nitrogens is 6. The summed E-state index contributed by atoms with van der Waals surface area (Å²) in [5.74, 6) is 0. The van der Waals surface area contributed by atoms with Crippen LogP contribution in [-0.2, 0) is 0 Å². The summed E-state index contributed by atoms with van der Waals surface area (Å²) in [6.07, 6.45) is 6.41. The van der Waals surface area contributed by atoms with Crippen LogP contribution >= 0.6 is 0 Å². The average molecular weight is 270 g/mol. The van der Waals surface area contributed by atoms with Crippen LogP contribution < -0.4 is 11.4 Å². The van der Waals surface area contributed by atoms with E-state index in [4.69, 9.17) is 0 Å². The van der Waals surface area contributed by atoms with Crippen LogP contribution in [0.3, 0.4) is 0 Å². The Balaban J connectivity index is 0.000000121. The third-order valence-electron chi connectivity index (χ3n) is 2.62. The third kappa shape index (κ3) is 2.21. The molecule has 0 aliphatic carbocycles. The summed E-state index contributed by atoms with van der Waals surface area (Å²) in [5, 5.41) is 0. The molecule has 0 aliphatic heterocycles. The number of pyridine rings is 1. The molecule has 0 fully saturated rings. The van der Waals surface area contributed by atoms with Crippen molar-refractivity contribution in [1.82, 2.24) is 29.3 Å². The highest BCUT2D eigenvalue weighted by atomic mass is 16.1. The molecule has 100 valence electrons. The van der Waals surface area contributed by atoms with Crippen molar-refractivity contribution in [2.45, 2.75) is 0 Å². The quantitative estimate of drug-likeness (QED) is 0.426. The summed E-state index contributed by atoms with van der Waals surface area (Å²) < 4.78 is 1.44. The Morgan fingerprint density at radius 2 is 1.95 bits per heavy atom. The monoisotopic (exact) mass is 270 g/mol. The summed E-state index contributed by atoms with van der Waals surface area (Å²) >= 11 is 0. The fourth-order valence-electron chi connectivity index (χ4n) is 1.73. The van der Waals surface area contributed by atoms with Crippen molar-refractivity contribution in [3.63, 3.8) is 0 Å². The second-order valence-electron chi connectivity index (χ2n) is 3.92. The van der Waals surface area contributed by atoms with Gasteiger partial charge in [0.05, 0.1) is 5.52 Å². The molecule has 0 atom stereocenters. The number of aromatic amines is 3. The molecule has 4 aromatic rings. The lowest BCUT2D eigenvalue weighted by Crippen LogP contribution is -2.13. The lowest BCUT2D eigenvalue weighted by atomic mass is 10.4. The molecular formula is C12H10N6O2. The van der Waals surface area contributed by atoms with Gasteiger partial charge in [-0.1, -0.05) is 0 Å². The van der Waals surface area contributed by atoms with E-state index in [-0.39, 0.29) is 11.4 Å². The molecule has 8 nitrogen and oxygen atoms in total. The predicted octanol–water partition coefficient (Wildman–Crippen LogP) is 0.274. The Bertz CT molecular complexity index is 924. The van der Waals surface area contributed by atoms with Crippen molar-refractivity contribution in [2.75, 3.05) is 0 Å². The van der Waals surface area contributed by atoms with Gasteiger partial charge in [-0.15, -0.1) is 0 Å². The Labute approximate surface area is 111 Å². The van der Waals surface area contributed by atoms with E-state index in [1.165, 1.54) is 4.40 Å². The maximum atomic E-state index is 10.9. The minimum atomic E-state index is -0.214. The van der Waals surface area contributed by atoms with Gasteiger partial charge < -0.3 is 9.97 Å². The zero-order valence-corrected chi connectivity index (χ0v) is 10.2. The highest BCUT2D eigenvalue weighted by Crippen LogP contribution is 1.98. The average Bonchev–Trinajstić information content (AvgIpc) is 3.04.